The van der Waals surface area contributed by atoms with Crippen molar-refractivity contribution in [2.75, 3.05) is 0 Å². The molecule has 0 heterocycles. The van der Waals surface area contributed by atoms with E-state index in [1.165, 1.54) is 27.7 Å². The molecule has 0 aromatic heterocycles. The maximum Gasteiger partial charge on any atom is 0.303 e. The zero-order valence-corrected chi connectivity index (χ0v) is 28.8. The molecule has 4 aliphatic rings. The van der Waals surface area contributed by atoms with E-state index >= 15 is 0 Å². The van der Waals surface area contributed by atoms with Crippen molar-refractivity contribution in [3.05, 3.63) is 11.6 Å². The van der Waals surface area contributed by atoms with Gasteiger partial charge in [0.2, 0.25) is 0 Å². The van der Waals surface area contributed by atoms with Crippen LogP contribution in [0, 0.1) is 28.6 Å². The molecule has 11 heteroatoms. The summed E-state index contributed by atoms with van der Waals surface area (Å²) in [6, 6.07) is 0. The molecule has 0 aromatic rings. The number of ketones is 1. The smallest absolute Gasteiger partial charge is 0.303 e. The lowest BCUT2D eigenvalue weighted by atomic mass is 9.45. The highest BCUT2D eigenvalue weighted by molar-refractivity contribution is 5.95. The van der Waals surface area contributed by atoms with Gasteiger partial charge in [0.25, 0.3) is 0 Å². The zero-order valence-electron chi connectivity index (χ0n) is 28.8. The van der Waals surface area contributed by atoms with Gasteiger partial charge in [0, 0.05) is 39.0 Å². The summed E-state index contributed by atoms with van der Waals surface area (Å²) in [5.74, 6) is -3.36. The fourth-order valence-corrected chi connectivity index (χ4v) is 9.75. The number of ether oxygens (including phenoxy) is 4. The molecule has 0 radical (unpaired) electrons. The summed E-state index contributed by atoms with van der Waals surface area (Å²) < 4.78 is 22.3. The summed E-state index contributed by atoms with van der Waals surface area (Å²) in [4.78, 5) is 61.7. The van der Waals surface area contributed by atoms with Crippen LogP contribution in [0.3, 0.4) is 0 Å². The van der Waals surface area contributed by atoms with Gasteiger partial charge in [0.05, 0.1) is 5.60 Å². The van der Waals surface area contributed by atoms with Crippen molar-refractivity contribution in [2.45, 2.75) is 149 Å². The topological polar surface area (TPSA) is 163 Å². The average Bonchev–Trinajstić information content (AvgIpc) is 3.18. The molecule has 11 nitrogen and oxygen atoms in total. The number of hydrogen-bond donors (Lipinski definition) is 2. The van der Waals surface area contributed by atoms with Gasteiger partial charge in [-0.3, -0.25) is 24.0 Å². The predicted molar refractivity (Wildman–Crippen MR) is 165 cm³/mol. The van der Waals surface area contributed by atoms with Crippen LogP contribution >= 0.6 is 0 Å². The molecular weight excluding hydrogens is 596 g/mol. The Morgan fingerprint density at radius 3 is 2.09 bits per heavy atom. The van der Waals surface area contributed by atoms with Crippen LogP contribution in [0.4, 0.5) is 0 Å². The lowest BCUT2D eigenvalue weighted by Gasteiger charge is -2.61. The summed E-state index contributed by atoms with van der Waals surface area (Å²) in [5.41, 5.74) is -4.73. The Kier molecular flexibility index (Phi) is 9.67. The van der Waals surface area contributed by atoms with E-state index in [1.54, 1.807) is 26.8 Å². The summed E-state index contributed by atoms with van der Waals surface area (Å²) in [6.07, 6.45) is 2.10. The Labute approximate surface area is 271 Å². The Balaban J connectivity index is 1.67. The van der Waals surface area contributed by atoms with Crippen LogP contribution in [0.1, 0.15) is 114 Å². The van der Waals surface area contributed by atoms with Crippen LogP contribution < -0.4 is 0 Å². The largest absolute Gasteiger partial charge is 0.460 e. The van der Waals surface area contributed by atoms with Gasteiger partial charge in [-0.25, -0.2) is 0 Å². The molecule has 3 saturated carbocycles. The van der Waals surface area contributed by atoms with E-state index in [0.29, 0.717) is 44.1 Å². The molecule has 0 aromatic carbocycles. The Bertz CT molecular complexity index is 1300. The van der Waals surface area contributed by atoms with Gasteiger partial charge in [-0.1, -0.05) is 13.8 Å². The van der Waals surface area contributed by atoms with E-state index in [-0.39, 0.29) is 24.5 Å². The van der Waals surface area contributed by atoms with E-state index in [1.807, 2.05) is 13.8 Å². The first-order valence-corrected chi connectivity index (χ1v) is 16.5. The van der Waals surface area contributed by atoms with Gasteiger partial charge in [0.1, 0.15) is 29.5 Å². The van der Waals surface area contributed by atoms with Crippen molar-refractivity contribution in [1.29, 1.82) is 0 Å². The Hall–Kier alpha value is -2.79. The second-order valence-corrected chi connectivity index (χ2v) is 15.5. The second kappa shape index (κ2) is 12.3. The van der Waals surface area contributed by atoms with Crippen LogP contribution in [0.25, 0.3) is 0 Å². The maximum absolute atomic E-state index is 13.9. The maximum atomic E-state index is 13.9. The van der Waals surface area contributed by atoms with Crippen LogP contribution in [0.15, 0.2) is 11.6 Å². The number of fused-ring (bicyclic) bond motifs is 5. The lowest BCUT2D eigenvalue weighted by molar-refractivity contribution is -0.197. The minimum Gasteiger partial charge on any atom is -0.460 e. The van der Waals surface area contributed by atoms with Crippen LogP contribution in [0.5, 0.6) is 0 Å². The van der Waals surface area contributed by atoms with E-state index in [0.717, 1.165) is 0 Å². The molecule has 46 heavy (non-hydrogen) atoms. The fourth-order valence-electron chi connectivity index (χ4n) is 9.75. The minimum absolute atomic E-state index is 0.162. The third-order valence-electron chi connectivity index (χ3n) is 11.8. The van der Waals surface area contributed by atoms with Gasteiger partial charge >= 0.3 is 23.9 Å². The second-order valence-electron chi connectivity index (χ2n) is 15.5. The van der Waals surface area contributed by atoms with Crippen molar-refractivity contribution in [3.63, 3.8) is 0 Å². The third-order valence-corrected chi connectivity index (χ3v) is 11.8. The van der Waals surface area contributed by atoms with E-state index in [4.69, 9.17) is 18.9 Å². The molecule has 4 rings (SSSR count). The summed E-state index contributed by atoms with van der Waals surface area (Å²) in [5, 5.41) is 24.9. The first-order chi connectivity index (χ1) is 21.1. The third kappa shape index (κ3) is 6.38. The number of aliphatic hydroxyl groups is 2. The zero-order chi connectivity index (χ0) is 34.6. The minimum atomic E-state index is -1.56. The summed E-state index contributed by atoms with van der Waals surface area (Å²) in [7, 11) is 0. The van der Waals surface area contributed by atoms with Gasteiger partial charge < -0.3 is 29.2 Å². The van der Waals surface area contributed by atoms with Crippen molar-refractivity contribution in [3.8, 4) is 0 Å². The normalized spacial score (nSPS) is 37.3. The van der Waals surface area contributed by atoms with Crippen LogP contribution in [0.2, 0.25) is 0 Å². The number of allylic oxidation sites excluding steroid dienone is 1. The highest BCUT2D eigenvalue weighted by Gasteiger charge is 2.69. The van der Waals surface area contributed by atoms with Gasteiger partial charge in [-0.15, -0.1) is 0 Å². The van der Waals surface area contributed by atoms with Crippen molar-refractivity contribution >= 4 is 29.7 Å². The van der Waals surface area contributed by atoms with E-state index in [9.17, 15) is 34.2 Å². The van der Waals surface area contributed by atoms with Crippen molar-refractivity contribution < 1.29 is 53.1 Å². The number of rotatable bonds is 9. The van der Waals surface area contributed by atoms with E-state index < -0.39 is 81.7 Å². The first kappa shape index (κ1) is 36.1. The van der Waals surface area contributed by atoms with E-state index in [2.05, 4.69) is 0 Å². The highest BCUT2D eigenvalue weighted by atomic mass is 16.6. The highest BCUT2D eigenvalue weighted by Crippen LogP contribution is 2.69. The van der Waals surface area contributed by atoms with Gasteiger partial charge in [0.15, 0.2) is 5.78 Å². The SMILES string of the molecule is CC(=O)OC1CC2C(=O)C=C3C(CCC4(C)C(C(C)(O)C(CCC(C)(C)OC(C)=O)OC(C)=O)CCC34O)C2(C)CC1OC(C)=O. The summed E-state index contributed by atoms with van der Waals surface area (Å²) >= 11 is 0. The van der Waals surface area contributed by atoms with Gasteiger partial charge in [-0.2, -0.15) is 0 Å². The molecule has 0 saturated heterocycles. The molecular formula is C35H52O11. The molecule has 4 aliphatic carbocycles. The summed E-state index contributed by atoms with van der Waals surface area (Å²) in [6.45, 7) is 14.3. The van der Waals surface area contributed by atoms with Crippen LogP contribution in [-0.4, -0.2) is 75.0 Å². The Morgan fingerprint density at radius 1 is 0.913 bits per heavy atom. The molecule has 0 amide bonds. The number of hydrogen-bond acceptors (Lipinski definition) is 11. The molecule has 258 valence electrons. The lowest BCUT2D eigenvalue weighted by Crippen LogP contribution is -2.63. The van der Waals surface area contributed by atoms with Crippen molar-refractivity contribution in [2.24, 2.45) is 28.6 Å². The first-order valence-electron chi connectivity index (χ1n) is 16.5. The van der Waals surface area contributed by atoms with Crippen molar-refractivity contribution in [1.82, 2.24) is 0 Å². The predicted octanol–water partition coefficient (Wildman–Crippen LogP) is 4.14. The average molecular weight is 649 g/mol. The molecule has 0 spiro atoms. The monoisotopic (exact) mass is 648 g/mol. The Morgan fingerprint density at radius 2 is 1.52 bits per heavy atom. The molecule has 0 aliphatic heterocycles. The molecule has 2 N–H and O–H groups in total. The number of carbonyl (C=O) groups is 5. The van der Waals surface area contributed by atoms with Gasteiger partial charge in [-0.05, 0) is 101 Å². The fraction of sp³-hybridized carbons (Fsp3) is 0.800. The van der Waals surface area contributed by atoms with Crippen LogP contribution in [-0.2, 0) is 42.9 Å². The quantitative estimate of drug-likeness (QED) is 0.273. The molecule has 0 bridgehead atoms. The standard InChI is InChI=1S/C35H52O11/c1-19(36)43-27-17-25-26(40)16-24-23(32(25,7)18-28(27)44-20(2)37)10-14-33(8)29(11-15-35(24,33)42)34(9,41)30(45-21(3)38)12-13-31(5,6)46-22(4)39/h16,23,25,27-30,41-42H,10-15,17-18H2,1-9H3. The molecule has 10 atom stereocenters. The number of esters is 4. The number of carbonyl (C=O) groups excluding carboxylic acids is 5. The molecule has 10 unspecified atom stereocenters. The molecule has 3 fully saturated rings.